The maximum absolute atomic E-state index is 12.1. The molecule has 1 unspecified atom stereocenters. The number of benzene rings is 1. The number of aryl methyl sites for hydroxylation is 1. The van der Waals surface area contributed by atoms with E-state index in [1.54, 1.807) is 13.4 Å². The van der Waals surface area contributed by atoms with Gasteiger partial charge < -0.3 is 9.47 Å². The minimum absolute atomic E-state index is 0.180. The van der Waals surface area contributed by atoms with E-state index in [1.165, 1.54) is 4.90 Å². The number of carbonyl (C=O) groups excluding carboxylic acids is 1. The molecule has 2 rings (SSSR count). The molecule has 1 heterocycles. The minimum atomic E-state index is -0.593. The summed E-state index contributed by atoms with van der Waals surface area (Å²) in [6.45, 7) is 1.83. The van der Waals surface area contributed by atoms with Crippen LogP contribution in [0.15, 0.2) is 24.5 Å². The number of hydrogen-bond acceptors (Lipinski definition) is 3. The fourth-order valence-corrected chi connectivity index (χ4v) is 2.02. The van der Waals surface area contributed by atoms with E-state index < -0.39 is 5.92 Å². The van der Waals surface area contributed by atoms with Crippen LogP contribution in [-0.4, -0.2) is 22.5 Å². The number of aromatic nitrogens is 2. The maximum Gasteiger partial charge on any atom is 0.244 e. The number of anilines is 1. The topological polar surface area (TPSA) is 61.9 Å². The van der Waals surface area contributed by atoms with Crippen LogP contribution < -0.4 is 4.90 Å². The summed E-state index contributed by atoms with van der Waals surface area (Å²) in [7, 11) is 3.61. The molecule has 1 amide bonds. The summed E-state index contributed by atoms with van der Waals surface area (Å²) in [5.74, 6) is -0.773. The second-order valence-electron chi connectivity index (χ2n) is 4.52. The summed E-state index contributed by atoms with van der Waals surface area (Å²) in [5.41, 5.74) is 2.60. The van der Waals surface area contributed by atoms with Crippen molar-refractivity contribution in [1.29, 1.82) is 5.26 Å². The molecule has 1 aromatic heterocycles. The van der Waals surface area contributed by atoms with Crippen molar-refractivity contribution in [2.24, 2.45) is 13.0 Å². The normalized spacial score (nSPS) is 12.1. The Hall–Kier alpha value is -2.35. The molecule has 2 aromatic rings. The molecule has 0 fully saturated rings. The van der Waals surface area contributed by atoms with E-state index in [0.717, 1.165) is 16.7 Å². The van der Waals surface area contributed by atoms with Crippen LogP contribution in [0.4, 0.5) is 5.69 Å². The third-order valence-electron chi connectivity index (χ3n) is 3.29. The summed E-state index contributed by atoms with van der Waals surface area (Å²) in [5, 5.41) is 8.95. The van der Waals surface area contributed by atoms with E-state index in [4.69, 9.17) is 5.26 Å². The zero-order chi connectivity index (χ0) is 14.0. The van der Waals surface area contributed by atoms with Gasteiger partial charge in [-0.1, -0.05) is 6.92 Å². The third kappa shape index (κ3) is 2.29. The Morgan fingerprint density at radius 3 is 2.95 bits per heavy atom. The number of amides is 1. The number of carbonyl (C=O) groups is 1. The van der Waals surface area contributed by atoms with Gasteiger partial charge in [0.1, 0.15) is 5.92 Å². The molecule has 5 nitrogen and oxygen atoms in total. The smallest absolute Gasteiger partial charge is 0.244 e. The lowest BCUT2D eigenvalue weighted by molar-refractivity contribution is -0.120. The minimum Gasteiger partial charge on any atom is -0.334 e. The summed E-state index contributed by atoms with van der Waals surface area (Å²) in [6.07, 6.45) is 2.26. The van der Waals surface area contributed by atoms with Gasteiger partial charge in [0.05, 0.1) is 23.4 Å². The summed E-state index contributed by atoms with van der Waals surface area (Å²) >= 11 is 0. The van der Waals surface area contributed by atoms with Gasteiger partial charge in [0.2, 0.25) is 5.91 Å². The van der Waals surface area contributed by atoms with Gasteiger partial charge in [-0.05, 0) is 24.6 Å². The van der Waals surface area contributed by atoms with Gasteiger partial charge in [-0.3, -0.25) is 4.79 Å². The molecule has 0 aliphatic rings. The zero-order valence-corrected chi connectivity index (χ0v) is 11.3. The van der Waals surface area contributed by atoms with E-state index in [-0.39, 0.29) is 5.91 Å². The Balaban J connectivity index is 2.34. The quantitative estimate of drug-likeness (QED) is 0.844. The van der Waals surface area contributed by atoms with E-state index in [9.17, 15) is 4.79 Å². The molecule has 0 saturated heterocycles. The molecule has 0 spiro atoms. The summed E-state index contributed by atoms with van der Waals surface area (Å²) in [4.78, 5) is 17.9. The Morgan fingerprint density at radius 1 is 1.58 bits per heavy atom. The molecule has 0 aliphatic heterocycles. The SMILES string of the molecule is CCC(C#N)C(=O)N(C)c1ccc2c(c1)ncn2C. The van der Waals surface area contributed by atoms with Crippen LogP contribution >= 0.6 is 0 Å². The number of imidazole rings is 1. The zero-order valence-electron chi connectivity index (χ0n) is 11.3. The van der Waals surface area contributed by atoms with Gasteiger partial charge in [0.25, 0.3) is 0 Å². The van der Waals surface area contributed by atoms with Gasteiger partial charge >= 0.3 is 0 Å². The largest absolute Gasteiger partial charge is 0.334 e. The van der Waals surface area contributed by atoms with Gasteiger partial charge in [-0.15, -0.1) is 0 Å². The average molecular weight is 256 g/mol. The highest BCUT2D eigenvalue weighted by atomic mass is 16.2. The van der Waals surface area contributed by atoms with Gasteiger partial charge in [0, 0.05) is 19.8 Å². The van der Waals surface area contributed by atoms with E-state index in [1.807, 2.05) is 42.8 Å². The Bertz CT molecular complexity index is 653. The number of hydrogen-bond donors (Lipinski definition) is 0. The van der Waals surface area contributed by atoms with Crippen LogP contribution in [0.25, 0.3) is 11.0 Å². The number of fused-ring (bicyclic) bond motifs is 1. The molecule has 1 aromatic carbocycles. The van der Waals surface area contributed by atoms with Crippen molar-refractivity contribution in [3.8, 4) is 6.07 Å². The summed E-state index contributed by atoms with van der Waals surface area (Å²) < 4.78 is 1.92. The highest BCUT2D eigenvalue weighted by molar-refractivity contribution is 5.97. The van der Waals surface area contributed by atoms with E-state index in [2.05, 4.69) is 4.98 Å². The molecule has 1 atom stereocenters. The predicted octanol–water partition coefficient (Wildman–Crippen LogP) is 2.09. The standard InChI is InChI=1S/C14H16N4O/c1-4-10(8-15)14(19)18(3)11-5-6-13-12(7-11)16-9-17(13)2/h5-7,9-10H,4H2,1-3H3. The maximum atomic E-state index is 12.1. The van der Waals surface area contributed by atoms with E-state index >= 15 is 0 Å². The first-order valence-corrected chi connectivity index (χ1v) is 6.16. The van der Waals surface area contributed by atoms with Gasteiger partial charge in [-0.2, -0.15) is 5.26 Å². The predicted molar refractivity (Wildman–Crippen MR) is 73.5 cm³/mol. The van der Waals surface area contributed by atoms with Crippen molar-refractivity contribution in [3.63, 3.8) is 0 Å². The molecule has 0 bridgehead atoms. The van der Waals surface area contributed by atoms with Crippen LogP contribution in [0.3, 0.4) is 0 Å². The number of nitriles is 1. The van der Waals surface area contributed by atoms with E-state index in [0.29, 0.717) is 6.42 Å². The Labute approximate surface area is 112 Å². The first-order chi connectivity index (χ1) is 9.08. The fraction of sp³-hybridized carbons (Fsp3) is 0.357. The second-order valence-corrected chi connectivity index (χ2v) is 4.52. The molecule has 0 radical (unpaired) electrons. The molecule has 0 aliphatic carbocycles. The molecular weight excluding hydrogens is 240 g/mol. The van der Waals surface area contributed by atoms with Crippen molar-refractivity contribution >= 4 is 22.6 Å². The molecular formula is C14H16N4O. The van der Waals surface area contributed by atoms with Crippen molar-refractivity contribution in [2.75, 3.05) is 11.9 Å². The molecule has 0 saturated carbocycles. The van der Waals surface area contributed by atoms with Gasteiger partial charge in [-0.25, -0.2) is 4.98 Å². The first kappa shape index (κ1) is 13.1. The van der Waals surface area contributed by atoms with Crippen LogP contribution in [0.1, 0.15) is 13.3 Å². The van der Waals surface area contributed by atoms with Crippen molar-refractivity contribution in [1.82, 2.24) is 9.55 Å². The molecule has 98 valence electrons. The van der Waals surface area contributed by atoms with Crippen LogP contribution in [-0.2, 0) is 11.8 Å². The lowest BCUT2D eigenvalue weighted by Gasteiger charge is -2.19. The van der Waals surface area contributed by atoms with Crippen LogP contribution in [0.5, 0.6) is 0 Å². The van der Waals surface area contributed by atoms with Crippen LogP contribution in [0, 0.1) is 17.2 Å². The number of nitrogens with zero attached hydrogens (tertiary/aromatic N) is 4. The van der Waals surface area contributed by atoms with Crippen molar-refractivity contribution < 1.29 is 4.79 Å². The average Bonchev–Trinajstić information content (AvgIpc) is 2.80. The highest BCUT2D eigenvalue weighted by Crippen LogP contribution is 2.21. The fourth-order valence-electron chi connectivity index (χ4n) is 2.02. The molecule has 19 heavy (non-hydrogen) atoms. The molecule has 5 heteroatoms. The third-order valence-corrected chi connectivity index (χ3v) is 3.29. The monoisotopic (exact) mass is 256 g/mol. The first-order valence-electron chi connectivity index (χ1n) is 6.16. The Kier molecular flexibility index (Phi) is 3.52. The lowest BCUT2D eigenvalue weighted by atomic mass is 10.1. The highest BCUT2D eigenvalue weighted by Gasteiger charge is 2.21. The van der Waals surface area contributed by atoms with Crippen molar-refractivity contribution in [2.45, 2.75) is 13.3 Å². The van der Waals surface area contributed by atoms with Crippen molar-refractivity contribution in [3.05, 3.63) is 24.5 Å². The Morgan fingerprint density at radius 2 is 2.32 bits per heavy atom. The number of rotatable bonds is 3. The second kappa shape index (κ2) is 5.11. The summed E-state index contributed by atoms with van der Waals surface area (Å²) in [6, 6.07) is 7.68. The van der Waals surface area contributed by atoms with Crippen LogP contribution in [0.2, 0.25) is 0 Å². The lowest BCUT2D eigenvalue weighted by Crippen LogP contribution is -2.31. The molecule has 0 N–H and O–H groups in total. The van der Waals surface area contributed by atoms with Gasteiger partial charge in [0.15, 0.2) is 0 Å².